The van der Waals surface area contributed by atoms with Crippen LogP contribution in [0.3, 0.4) is 0 Å². The number of hydrogen-bond donors (Lipinski definition) is 1. The molecule has 1 rings (SSSR count). The molecule has 0 heterocycles. The van der Waals surface area contributed by atoms with E-state index >= 15 is 0 Å². The SMILES string of the molecule is COc1[c]cc(C=CC(=O)O)cc1. The van der Waals surface area contributed by atoms with Crippen LogP contribution in [0, 0.1) is 6.07 Å². The molecule has 0 amide bonds. The summed E-state index contributed by atoms with van der Waals surface area (Å²) in [7, 11) is 1.55. The Hall–Kier alpha value is -1.77. The average Bonchev–Trinajstić information content (AvgIpc) is 2.15. The first-order chi connectivity index (χ1) is 6.22. The number of methoxy groups -OCH3 is 1. The second-order valence-corrected chi connectivity index (χ2v) is 2.36. The van der Waals surface area contributed by atoms with Crippen molar-refractivity contribution in [2.45, 2.75) is 0 Å². The van der Waals surface area contributed by atoms with Crippen molar-refractivity contribution in [3.05, 3.63) is 35.9 Å². The van der Waals surface area contributed by atoms with E-state index in [0.717, 1.165) is 11.6 Å². The molecule has 1 aromatic rings. The molecule has 0 aliphatic heterocycles. The Morgan fingerprint density at radius 3 is 2.85 bits per heavy atom. The minimum atomic E-state index is -0.962. The molecule has 0 atom stereocenters. The molecule has 1 radical (unpaired) electrons. The highest BCUT2D eigenvalue weighted by molar-refractivity contribution is 5.85. The molecule has 0 bridgehead atoms. The van der Waals surface area contributed by atoms with Gasteiger partial charge in [0.2, 0.25) is 0 Å². The summed E-state index contributed by atoms with van der Waals surface area (Å²) in [6.07, 6.45) is 2.58. The summed E-state index contributed by atoms with van der Waals surface area (Å²) in [5.74, 6) is -0.330. The first-order valence-corrected chi connectivity index (χ1v) is 3.69. The summed E-state index contributed by atoms with van der Waals surface area (Å²) in [6.45, 7) is 0. The molecule has 67 valence electrons. The van der Waals surface area contributed by atoms with Gasteiger partial charge in [0.25, 0.3) is 0 Å². The molecule has 3 heteroatoms. The molecule has 3 nitrogen and oxygen atoms in total. The monoisotopic (exact) mass is 177 g/mol. The van der Waals surface area contributed by atoms with Crippen molar-refractivity contribution in [2.75, 3.05) is 7.11 Å². The molecule has 0 unspecified atom stereocenters. The third-order valence-corrected chi connectivity index (χ3v) is 1.45. The molecule has 0 fully saturated rings. The van der Waals surface area contributed by atoms with Gasteiger partial charge >= 0.3 is 5.97 Å². The van der Waals surface area contributed by atoms with Crippen LogP contribution < -0.4 is 4.74 Å². The summed E-state index contributed by atoms with van der Waals surface area (Å²) >= 11 is 0. The van der Waals surface area contributed by atoms with E-state index in [1.165, 1.54) is 6.08 Å². The van der Waals surface area contributed by atoms with Gasteiger partial charge in [0, 0.05) is 12.1 Å². The van der Waals surface area contributed by atoms with E-state index in [0.29, 0.717) is 5.75 Å². The minimum Gasteiger partial charge on any atom is -0.496 e. The molecule has 0 spiro atoms. The summed E-state index contributed by atoms with van der Waals surface area (Å²) < 4.78 is 4.90. The molecule has 1 N–H and O–H groups in total. The van der Waals surface area contributed by atoms with Gasteiger partial charge < -0.3 is 9.84 Å². The lowest BCUT2D eigenvalue weighted by Gasteiger charge is -1.97. The highest BCUT2D eigenvalue weighted by Crippen LogP contribution is 2.11. The van der Waals surface area contributed by atoms with Crippen LogP contribution in [0.15, 0.2) is 24.3 Å². The number of rotatable bonds is 3. The van der Waals surface area contributed by atoms with Crippen LogP contribution in [0.4, 0.5) is 0 Å². The normalized spacial score (nSPS) is 10.2. The highest BCUT2D eigenvalue weighted by atomic mass is 16.5. The van der Waals surface area contributed by atoms with Gasteiger partial charge in [0.05, 0.1) is 7.11 Å². The molecule has 0 saturated carbocycles. The number of hydrogen-bond acceptors (Lipinski definition) is 2. The first-order valence-electron chi connectivity index (χ1n) is 3.69. The van der Waals surface area contributed by atoms with Gasteiger partial charge in [-0.3, -0.25) is 0 Å². The van der Waals surface area contributed by atoms with Crippen LogP contribution in [-0.2, 0) is 4.79 Å². The maximum absolute atomic E-state index is 10.2. The Bertz CT molecular complexity index is 311. The summed E-state index contributed by atoms with van der Waals surface area (Å²) in [4.78, 5) is 10.2. The molecule has 0 aromatic heterocycles. The van der Waals surface area contributed by atoms with Crippen LogP contribution in [0.25, 0.3) is 6.08 Å². The summed E-state index contributed by atoms with van der Waals surface area (Å²) in [5, 5.41) is 8.35. The van der Waals surface area contributed by atoms with Gasteiger partial charge in [-0.25, -0.2) is 4.79 Å². The topological polar surface area (TPSA) is 46.5 Å². The standard InChI is InChI=1S/C10H9O3/c1-13-9-5-2-8(3-6-9)4-7-10(11)12/h2-5,7H,1H3,(H,11,12). The summed E-state index contributed by atoms with van der Waals surface area (Å²) in [5.41, 5.74) is 0.781. The van der Waals surface area contributed by atoms with Gasteiger partial charge in [-0.1, -0.05) is 6.07 Å². The number of carboxylic acids is 1. The fourth-order valence-electron chi connectivity index (χ4n) is 0.821. The fourth-order valence-corrected chi connectivity index (χ4v) is 0.821. The number of aliphatic carboxylic acids is 1. The van der Waals surface area contributed by atoms with Crippen LogP contribution in [0.1, 0.15) is 5.56 Å². The third kappa shape index (κ3) is 2.99. The zero-order valence-electron chi connectivity index (χ0n) is 7.15. The first kappa shape index (κ1) is 9.32. The maximum atomic E-state index is 10.2. The van der Waals surface area contributed by atoms with Crippen LogP contribution in [0.5, 0.6) is 5.75 Å². The number of carbonyl (C=O) groups is 1. The van der Waals surface area contributed by atoms with Crippen LogP contribution >= 0.6 is 0 Å². The van der Waals surface area contributed by atoms with E-state index < -0.39 is 5.97 Å². The number of carboxylic acid groups (broad SMARTS) is 1. The molecule has 13 heavy (non-hydrogen) atoms. The lowest BCUT2D eigenvalue weighted by atomic mass is 10.2. The average molecular weight is 177 g/mol. The fraction of sp³-hybridized carbons (Fsp3) is 0.100. The van der Waals surface area contributed by atoms with Crippen LogP contribution in [-0.4, -0.2) is 18.2 Å². The predicted molar refractivity (Wildman–Crippen MR) is 48.5 cm³/mol. The highest BCUT2D eigenvalue weighted by Gasteiger charge is 1.91. The molecular formula is C10H9O3. The third-order valence-electron chi connectivity index (χ3n) is 1.45. The Morgan fingerprint density at radius 2 is 2.38 bits per heavy atom. The van der Waals surface area contributed by atoms with Crippen molar-refractivity contribution in [1.29, 1.82) is 0 Å². The van der Waals surface area contributed by atoms with Crippen molar-refractivity contribution in [3.63, 3.8) is 0 Å². The van der Waals surface area contributed by atoms with Crippen molar-refractivity contribution in [3.8, 4) is 5.75 Å². The van der Waals surface area contributed by atoms with Crippen LogP contribution in [0.2, 0.25) is 0 Å². The van der Waals surface area contributed by atoms with E-state index in [1.807, 2.05) is 0 Å². The smallest absolute Gasteiger partial charge is 0.328 e. The van der Waals surface area contributed by atoms with Gasteiger partial charge in [-0.2, -0.15) is 0 Å². The van der Waals surface area contributed by atoms with E-state index in [4.69, 9.17) is 9.84 Å². The largest absolute Gasteiger partial charge is 0.496 e. The molecule has 0 saturated heterocycles. The molecule has 0 aliphatic rings. The zero-order chi connectivity index (χ0) is 9.68. The second-order valence-electron chi connectivity index (χ2n) is 2.36. The van der Waals surface area contributed by atoms with Crippen molar-refractivity contribution in [2.24, 2.45) is 0 Å². The Labute approximate surface area is 76.3 Å². The zero-order valence-corrected chi connectivity index (χ0v) is 7.15. The van der Waals surface area contributed by atoms with E-state index in [2.05, 4.69) is 6.07 Å². The summed E-state index contributed by atoms with van der Waals surface area (Å²) in [6, 6.07) is 7.99. The predicted octanol–water partition coefficient (Wildman–Crippen LogP) is 1.59. The lowest BCUT2D eigenvalue weighted by Crippen LogP contribution is -1.86. The quantitative estimate of drug-likeness (QED) is 0.713. The van der Waals surface area contributed by atoms with Crippen molar-refractivity contribution >= 4 is 12.0 Å². The Balaban J connectivity index is 2.75. The van der Waals surface area contributed by atoms with Crippen molar-refractivity contribution < 1.29 is 14.6 Å². The molecule has 0 aliphatic carbocycles. The molecular weight excluding hydrogens is 168 g/mol. The Kier molecular flexibility index (Phi) is 3.09. The van der Waals surface area contributed by atoms with E-state index in [9.17, 15) is 4.79 Å². The minimum absolute atomic E-state index is 0.632. The Morgan fingerprint density at radius 1 is 1.62 bits per heavy atom. The lowest BCUT2D eigenvalue weighted by molar-refractivity contribution is -0.131. The number of ether oxygens (including phenoxy) is 1. The van der Waals surface area contributed by atoms with E-state index in [1.54, 1.807) is 25.3 Å². The van der Waals surface area contributed by atoms with Gasteiger partial charge in [0.15, 0.2) is 0 Å². The van der Waals surface area contributed by atoms with Gasteiger partial charge in [0.1, 0.15) is 5.75 Å². The van der Waals surface area contributed by atoms with Gasteiger partial charge in [-0.15, -0.1) is 0 Å². The number of benzene rings is 1. The van der Waals surface area contributed by atoms with Crippen molar-refractivity contribution in [1.82, 2.24) is 0 Å². The molecule has 1 aromatic carbocycles. The van der Waals surface area contributed by atoms with Gasteiger partial charge in [-0.05, 0) is 23.8 Å². The maximum Gasteiger partial charge on any atom is 0.328 e. The second kappa shape index (κ2) is 4.30. The van der Waals surface area contributed by atoms with E-state index in [-0.39, 0.29) is 0 Å².